The first-order chi connectivity index (χ1) is 31.7. The molecule has 0 saturated carbocycles. The Morgan fingerprint density at radius 3 is 1.25 bits per heavy atom. The molecule has 0 fully saturated rings. The van der Waals surface area contributed by atoms with E-state index in [1.54, 1.807) is 0 Å². The van der Waals surface area contributed by atoms with Gasteiger partial charge in [-0.1, -0.05) is 146 Å². The normalized spacial score (nSPS) is 12.1. The molecule has 0 aliphatic carbocycles. The molecule has 3 aromatic heterocycles. The van der Waals surface area contributed by atoms with Crippen molar-refractivity contribution in [3.05, 3.63) is 206 Å². The van der Waals surface area contributed by atoms with Crippen molar-refractivity contribution in [2.24, 2.45) is 0 Å². The molecule has 14 rings (SSSR count). The molecule has 5 heteroatoms. The van der Waals surface area contributed by atoms with Crippen molar-refractivity contribution < 1.29 is 4.42 Å². The molecule has 0 amide bonds. The van der Waals surface area contributed by atoms with Gasteiger partial charge in [-0.05, 0) is 104 Å². The fourth-order valence-corrected chi connectivity index (χ4v) is 9.97. The Morgan fingerprint density at radius 1 is 0.297 bits per heavy atom. The fraction of sp³-hybridized carbons (Fsp3) is 0. The van der Waals surface area contributed by atoms with Gasteiger partial charge in [0, 0.05) is 49.0 Å². The van der Waals surface area contributed by atoms with Crippen LogP contribution in [0.25, 0.3) is 137 Å². The molecule has 0 radical (unpaired) electrons. The number of rotatable bonds is 4. The molecule has 5 nitrogen and oxygen atoms in total. The third-order valence-electron chi connectivity index (χ3n) is 13.1. The highest BCUT2D eigenvalue weighted by Gasteiger charge is 2.21. The first kappa shape index (κ1) is 35.0. The molecule has 0 atom stereocenters. The lowest BCUT2D eigenvalue weighted by Crippen LogP contribution is -2.00. The SMILES string of the molecule is c1ccc2cc(-c3nc(-c4ccc5ccccc5c4)nc(-c4ccc5oc6c7ccccc7c(-n7c8cc9ccccc9cc8c8cc9ccccc9cc87)cc6c5c4)n3)ccc2c1. The molecule has 0 aliphatic heterocycles. The summed E-state index contributed by atoms with van der Waals surface area (Å²) in [4.78, 5) is 15.6. The lowest BCUT2D eigenvalue weighted by atomic mass is 10.0. The van der Waals surface area contributed by atoms with Gasteiger partial charge in [0.05, 0.1) is 16.7 Å². The zero-order valence-corrected chi connectivity index (χ0v) is 34.3. The minimum atomic E-state index is 0.597. The molecule has 0 saturated heterocycles. The van der Waals surface area contributed by atoms with Crippen LogP contribution in [0.5, 0.6) is 0 Å². The minimum Gasteiger partial charge on any atom is -0.455 e. The minimum absolute atomic E-state index is 0.597. The quantitative estimate of drug-likeness (QED) is 0.178. The highest BCUT2D eigenvalue weighted by atomic mass is 16.3. The number of fused-ring (bicyclic) bond motifs is 12. The molecular formula is C59H34N4O. The molecule has 0 N–H and O–H groups in total. The van der Waals surface area contributed by atoms with Gasteiger partial charge < -0.3 is 8.98 Å². The number of aromatic nitrogens is 4. The van der Waals surface area contributed by atoms with E-state index in [2.05, 4.69) is 211 Å². The van der Waals surface area contributed by atoms with Crippen molar-refractivity contribution in [1.29, 1.82) is 0 Å². The van der Waals surface area contributed by atoms with Crippen LogP contribution in [0, 0.1) is 0 Å². The summed E-state index contributed by atoms with van der Waals surface area (Å²) in [5, 5.41) is 16.1. The van der Waals surface area contributed by atoms with Crippen LogP contribution >= 0.6 is 0 Å². The maximum Gasteiger partial charge on any atom is 0.164 e. The first-order valence-corrected chi connectivity index (χ1v) is 21.7. The van der Waals surface area contributed by atoms with E-state index in [-0.39, 0.29) is 0 Å². The van der Waals surface area contributed by atoms with E-state index in [9.17, 15) is 0 Å². The summed E-state index contributed by atoms with van der Waals surface area (Å²) in [6.07, 6.45) is 0. The van der Waals surface area contributed by atoms with E-state index >= 15 is 0 Å². The highest BCUT2D eigenvalue weighted by molar-refractivity contribution is 6.21. The van der Waals surface area contributed by atoms with Crippen molar-refractivity contribution in [2.45, 2.75) is 0 Å². The second kappa shape index (κ2) is 13.4. The lowest BCUT2D eigenvalue weighted by molar-refractivity contribution is 0.672. The van der Waals surface area contributed by atoms with E-state index in [0.717, 1.165) is 76.9 Å². The van der Waals surface area contributed by atoms with E-state index in [4.69, 9.17) is 19.4 Å². The second-order valence-corrected chi connectivity index (χ2v) is 16.8. The molecule has 3 heterocycles. The third kappa shape index (κ3) is 5.34. The average molecular weight is 815 g/mol. The highest BCUT2D eigenvalue weighted by Crippen LogP contribution is 2.43. The molecule has 0 unspecified atom stereocenters. The molecule has 11 aromatic carbocycles. The van der Waals surface area contributed by atoms with Crippen molar-refractivity contribution in [3.8, 4) is 39.9 Å². The topological polar surface area (TPSA) is 56.7 Å². The molecule has 0 aliphatic rings. The summed E-state index contributed by atoms with van der Waals surface area (Å²) in [5.74, 6) is 1.84. The Kier molecular flexibility index (Phi) is 7.33. The van der Waals surface area contributed by atoms with Crippen molar-refractivity contribution in [1.82, 2.24) is 19.5 Å². The predicted octanol–water partition coefficient (Wildman–Crippen LogP) is 15.6. The maximum atomic E-state index is 6.82. The van der Waals surface area contributed by atoms with Gasteiger partial charge in [-0.2, -0.15) is 0 Å². The van der Waals surface area contributed by atoms with Crippen LogP contribution in [-0.2, 0) is 0 Å². The van der Waals surface area contributed by atoms with E-state index in [0.29, 0.717) is 17.5 Å². The van der Waals surface area contributed by atoms with Gasteiger partial charge in [-0.3, -0.25) is 0 Å². The van der Waals surface area contributed by atoms with Crippen LogP contribution in [0.15, 0.2) is 211 Å². The molecular weight excluding hydrogens is 781 g/mol. The zero-order chi connectivity index (χ0) is 41.9. The van der Waals surface area contributed by atoms with E-state index in [1.807, 2.05) is 0 Å². The monoisotopic (exact) mass is 814 g/mol. The van der Waals surface area contributed by atoms with Crippen molar-refractivity contribution in [3.63, 3.8) is 0 Å². The predicted molar refractivity (Wildman–Crippen MR) is 265 cm³/mol. The Bertz CT molecular complexity index is 4080. The second-order valence-electron chi connectivity index (χ2n) is 16.8. The Morgan fingerprint density at radius 2 is 0.719 bits per heavy atom. The summed E-state index contributed by atoms with van der Waals surface area (Å²) >= 11 is 0. The maximum absolute atomic E-state index is 6.82. The van der Waals surface area contributed by atoms with Gasteiger partial charge in [-0.25, -0.2) is 15.0 Å². The van der Waals surface area contributed by atoms with Gasteiger partial charge >= 0.3 is 0 Å². The van der Waals surface area contributed by atoms with Gasteiger partial charge in [0.25, 0.3) is 0 Å². The van der Waals surface area contributed by atoms with Gasteiger partial charge in [-0.15, -0.1) is 0 Å². The smallest absolute Gasteiger partial charge is 0.164 e. The van der Waals surface area contributed by atoms with Crippen LogP contribution in [-0.4, -0.2) is 19.5 Å². The zero-order valence-electron chi connectivity index (χ0n) is 34.3. The number of furan rings is 1. The lowest BCUT2D eigenvalue weighted by Gasteiger charge is -2.13. The first-order valence-electron chi connectivity index (χ1n) is 21.7. The van der Waals surface area contributed by atoms with Crippen LogP contribution < -0.4 is 0 Å². The van der Waals surface area contributed by atoms with Gasteiger partial charge in [0.1, 0.15) is 11.2 Å². The van der Waals surface area contributed by atoms with Gasteiger partial charge in [0.2, 0.25) is 0 Å². The summed E-state index contributed by atoms with van der Waals surface area (Å²) in [6, 6.07) is 73.6. The van der Waals surface area contributed by atoms with E-state index < -0.39 is 0 Å². The Balaban J connectivity index is 1.02. The molecule has 0 bridgehead atoms. The fourth-order valence-electron chi connectivity index (χ4n) is 9.97. The Hall–Kier alpha value is -8.67. The third-order valence-corrected chi connectivity index (χ3v) is 13.1. The van der Waals surface area contributed by atoms with Crippen LogP contribution in [0.4, 0.5) is 0 Å². The molecule has 0 spiro atoms. The molecule has 14 aromatic rings. The summed E-state index contributed by atoms with van der Waals surface area (Å²) in [6.45, 7) is 0. The van der Waals surface area contributed by atoms with Crippen molar-refractivity contribution >= 4 is 97.6 Å². The van der Waals surface area contributed by atoms with Crippen LogP contribution in [0.1, 0.15) is 0 Å². The van der Waals surface area contributed by atoms with E-state index in [1.165, 1.54) is 43.1 Å². The van der Waals surface area contributed by atoms with Crippen LogP contribution in [0.2, 0.25) is 0 Å². The number of hydrogen-bond donors (Lipinski definition) is 0. The summed E-state index contributed by atoms with van der Waals surface area (Å²) in [5.41, 5.74) is 7.82. The molecule has 296 valence electrons. The number of benzene rings is 11. The van der Waals surface area contributed by atoms with Crippen LogP contribution in [0.3, 0.4) is 0 Å². The summed E-state index contributed by atoms with van der Waals surface area (Å²) in [7, 11) is 0. The number of nitrogens with zero attached hydrogens (tertiary/aromatic N) is 4. The Labute approximate surface area is 366 Å². The standard InChI is InChI=1S/C59H34N4O/c1-3-13-37-27-43(23-21-35(37)11-1)57-60-58(44-24-22-36-12-2-4-14-38(36)28-44)62-59(61-57)45-25-26-55-50(31-45)51-34-54(46-19-9-10-20-47(46)56(51)64-55)63-52-32-41-17-7-5-15-39(41)29-48(52)49-30-40-16-6-8-18-42(40)33-53(49)63/h1-34H. The average Bonchev–Trinajstić information content (AvgIpc) is 3.88. The molecule has 64 heavy (non-hydrogen) atoms. The van der Waals surface area contributed by atoms with Gasteiger partial charge in [0.15, 0.2) is 17.5 Å². The summed E-state index contributed by atoms with van der Waals surface area (Å²) < 4.78 is 9.29. The van der Waals surface area contributed by atoms with Crippen molar-refractivity contribution in [2.75, 3.05) is 0 Å². The largest absolute Gasteiger partial charge is 0.455 e. The number of hydrogen-bond acceptors (Lipinski definition) is 4.